The van der Waals surface area contributed by atoms with Gasteiger partial charge in [0.15, 0.2) is 0 Å². The van der Waals surface area contributed by atoms with Crippen LogP contribution in [0.4, 0.5) is 26.3 Å². The van der Waals surface area contributed by atoms with E-state index in [-0.39, 0.29) is 17.2 Å². The normalized spacial score (nSPS) is 11.8. The first kappa shape index (κ1) is 37.7. The number of nitriles is 2. The Morgan fingerprint density at radius 3 is 1.48 bits per heavy atom. The van der Waals surface area contributed by atoms with Crippen LogP contribution in [0.5, 0.6) is 0 Å². The summed E-state index contributed by atoms with van der Waals surface area (Å²) < 4.78 is 84.9. The minimum Gasteiger partial charge on any atom is -0.247 e. The highest BCUT2D eigenvalue weighted by atomic mass is 19.4. The van der Waals surface area contributed by atoms with Gasteiger partial charge in [-0.25, -0.2) is 15.0 Å². The van der Waals surface area contributed by atoms with Crippen LogP contribution >= 0.6 is 0 Å². The first-order chi connectivity index (χ1) is 28.9. The van der Waals surface area contributed by atoms with E-state index in [4.69, 9.17) is 15.0 Å². The number of pyridine rings is 1. The fraction of sp³-hybridized carbons (Fsp3) is 0.0408. The van der Waals surface area contributed by atoms with E-state index in [1.54, 1.807) is 78.9 Å². The molecule has 0 aliphatic rings. The van der Waals surface area contributed by atoms with E-state index >= 15 is 0 Å². The van der Waals surface area contributed by atoms with Crippen molar-refractivity contribution in [3.05, 3.63) is 174 Å². The number of hydrogen-bond acceptors (Lipinski definition) is 5. The van der Waals surface area contributed by atoms with Gasteiger partial charge in [0.1, 0.15) is 0 Å². The van der Waals surface area contributed by atoms with E-state index in [9.17, 15) is 36.9 Å². The summed E-state index contributed by atoms with van der Waals surface area (Å²) in [6.45, 7) is 0. The van der Waals surface area contributed by atoms with Crippen LogP contribution in [0, 0.1) is 22.7 Å². The molecule has 288 valence electrons. The lowest BCUT2D eigenvalue weighted by Gasteiger charge is -2.19. The Balaban J connectivity index is 1.44. The number of para-hydroxylation sites is 1. The minimum absolute atomic E-state index is 0.111. The Morgan fingerprint density at radius 2 is 0.917 bits per heavy atom. The molecular formula is C49H25F6N5. The molecule has 9 aromatic rings. The summed E-state index contributed by atoms with van der Waals surface area (Å²) in [5.74, 6) is 0. The summed E-state index contributed by atoms with van der Waals surface area (Å²) in [5, 5.41) is 20.9. The molecule has 0 aliphatic carbocycles. The summed E-state index contributed by atoms with van der Waals surface area (Å²) >= 11 is 0. The first-order valence-electron chi connectivity index (χ1n) is 18.4. The van der Waals surface area contributed by atoms with Crippen LogP contribution < -0.4 is 0 Å². The number of aromatic nitrogens is 3. The lowest BCUT2D eigenvalue weighted by molar-refractivity contribution is -0.143. The Kier molecular flexibility index (Phi) is 9.10. The zero-order valence-corrected chi connectivity index (χ0v) is 30.9. The van der Waals surface area contributed by atoms with Gasteiger partial charge in [-0.15, -0.1) is 0 Å². The molecule has 0 unspecified atom stereocenters. The smallest absolute Gasteiger partial charge is 0.247 e. The maximum atomic E-state index is 14.2. The second-order valence-electron chi connectivity index (χ2n) is 14.0. The largest absolute Gasteiger partial charge is 0.416 e. The number of nitrogens with zero attached hydrogens (tertiary/aromatic N) is 5. The average molecular weight is 798 g/mol. The van der Waals surface area contributed by atoms with Crippen LogP contribution in [0.25, 0.3) is 88.7 Å². The SMILES string of the molecule is N#Cc1ccc(-c2nc3c(-c4ccccc4)cc4c(-c5ccccc5-c5cc(C(F)(F)F)cc(C(F)(F)F)c5)nc5ccccc5c4c3nc2-c2ccc(C#N)cc2)cc1. The number of benzene rings is 7. The molecule has 0 fully saturated rings. The van der Waals surface area contributed by atoms with Gasteiger partial charge >= 0.3 is 12.4 Å². The van der Waals surface area contributed by atoms with Crippen LogP contribution in [-0.2, 0) is 12.4 Å². The number of fused-ring (bicyclic) bond motifs is 5. The quantitative estimate of drug-likeness (QED) is 0.128. The van der Waals surface area contributed by atoms with Gasteiger partial charge in [-0.1, -0.05) is 97.1 Å². The molecule has 0 saturated carbocycles. The summed E-state index contributed by atoms with van der Waals surface area (Å²) in [6.07, 6.45) is -10.1. The average Bonchev–Trinajstić information content (AvgIpc) is 3.27. The standard InChI is InChI=1S/C49H25F6N5/c50-48(51,52)34-22-33(23-35(24-34)49(53,54)55)36-10-4-5-11-37(36)45-40-25-39(30-8-2-1-3-9-30)46-47(42(40)38-12-6-7-13-41(38)58-45)60-44(32-20-16-29(27-57)17-21-32)43(59-46)31-18-14-28(26-56)15-19-31/h1-25H. The Morgan fingerprint density at radius 1 is 0.400 bits per heavy atom. The van der Waals surface area contributed by atoms with E-state index in [0.29, 0.717) is 83.2 Å². The van der Waals surface area contributed by atoms with Crippen LogP contribution in [0.1, 0.15) is 22.3 Å². The molecule has 5 nitrogen and oxygen atoms in total. The molecule has 0 saturated heterocycles. The van der Waals surface area contributed by atoms with Gasteiger partial charge in [-0.3, -0.25) is 0 Å². The van der Waals surface area contributed by atoms with Crippen molar-refractivity contribution >= 4 is 32.7 Å². The number of halogens is 6. The Labute approximate surface area is 338 Å². The van der Waals surface area contributed by atoms with E-state index in [2.05, 4.69) is 12.1 Å². The third kappa shape index (κ3) is 6.72. The lowest BCUT2D eigenvalue weighted by atomic mass is 9.89. The van der Waals surface area contributed by atoms with E-state index in [1.165, 1.54) is 6.07 Å². The second-order valence-corrected chi connectivity index (χ2v) is 14.0. The molecule has 9 rings (SSSR count). The van der Waals surface area contributed by atoms with E-state index in [0.717, 1.165) is 17.7 Å². The predicted molar refractivity (Wildman–Crippen MR) is 219 cm³/mol. The van der Waals surface area contributed by atoms with Gasteiger partial charge in [0, 0.05) is 38.4 Å². The maximum Gasteiger partial charge on any atom is 0.416 e. The van der Waals surface area contributed by atoms with Crippen LogP contribution in [0.2, 0.25) is 0 Å². The van der Waals surface area contributed by atoms with Crippen LogP contribution in [0.3, 0.4) is 0 Å². The van der Waals surface area contributed by atoms with Gasteiger partial charge in [-0.05, 0) is 71.3 Å². The maximum absolute atomic E-state index is 14.2. The van der Waals surface area contributed by atoms with Gasteiger partial charge in [0.2, 0.25) is 0 Å². The van der Waals surface area contributed by atoms with Crippen LogP contribution in [-0.4, -0.2) is 15.0 Å². The van der Waals surface area contributed by atoms with Crippen molar-refractivity contribution in [2.24, 2.45) is 0 Å². The molecule has 60 heavy (non-hydrogen) atoms. The summed E-state index contributed by atoms with van der Waals surface area (Å²) in [4.78, 5) is 15.8. The van der Waals surface area contributed by atoms with Crippen molar-refractivity contribution in [1.82, 2.24) is 15.0 Å². The van der Waals surface area contributed by atoms with Crippen molar-refractivity contribution < 1.29 is 26.3 Å². The molecule has 0 spiro atoms. The predicted octanol–water partition coefficient (Wildman–Crippen LogP) is 13.4. The highest BCUT2D eigenvalue weighted by Gasteiger charge is 2.37. The van der Waals surface area contributed by atoms with Crippen molar-refractivity contribution in [1.29, 1.82) is 10.5 Å². The zero-order chi connectivity index (χ0) is 41.8. The highest BCUT2D eigenvalue weighted by molar-refractivity contribution is 6.24. The highest BCUT2D eigenvalue weighted by Crippen LogP contribution is 2.46. The Hall–Kier alpha value is -7.89. The first-order valence-corrected chi connectivity index (χ1v) is 18.4. The lowest BCUT2D eigenvalue weighted by Crippen LogP contribution is -2.11. The molecule has 2 aromatic heterocycles. The molecule has 0 aliphatic heterocycles. The van der Waals surface area contributed by atoms with Gasteiger partial charge in [-0.2, -0.15) is 36.9 Å². The number of rotatable bonds is 5. The molecule has 0 N–H and O–H groups in total. The fourth-order valence-corrected chi connectivity index (χ4v) is 7.54. The molecule has 7 aromatic carbocycles. The molecule has 0 atom stereocenters. The fourth-order valence-electron chi connectivity index (χ4n) is 7.54. The second kappa shape index (κ2) is 14.5. The summed E-state index contributed by atoms with van der Waals surface area (Å²) in [6, 6.07) is 44.6. The van der Waals surface area contributed by atoms with E-state index in [1.807, 2.05) is 48.5 Å². The van der Waals surface area contributed by atoms with Crippen LogP contribution in [0.15, 0.2) is 152 Å². The zero-order valence-electron chi connectivity index (χ0n) is 30.9. The number of hydrogen-bond donors (Lipinski definition) is 0. The van der Waals surface area contributed by atoms with Crippen molar-refractivity contribution in [3.63, 3.8) is 0 Å². The summed E-state index contributed by atoms with van der Waals surface area (Å²) in [5.41, 5.74) is 3.63. The summed E-state index contributed by atoms with van der Waals surface area (Å²) in [7, 11) is 0. The third-order valence-electron chi connectivity index (χ3n) is 10.3. The molecule has 2 heterocycles. The van der Waals surface area contributed by atoms with E-state index < -0.39 is 23.5 Å². The van der Waals surface area contributed by atoms with Gasteiger partial charge in [0.25, 0.3) is 0 Å². The molecule has 0 radical (unpaired) electrons. The number of alkyl halides is 6. The van der Waals surface area contributed by atoms with Crippen molar-refractivity contribution in [3.8, 4) is 68.2 Å². The van der Waals surface area contributed by atoms with Gasteiger partial charge < -0.3 is 0 Å². The van der Waals surface area contributed by atoms with Crippen molar-refractivity contribution in [2.45, 2.75) is 12.4 Å². The molecule has 11 heteroatoms. The topological polar surface area (TPSA) is 86.2 Å². The molecule has 0 amide bonds. The minimum atomic E-state index is -5.05. The molecular weight excluding hydrogens is 773 g/mol. The Bertz CT molecular complexity index is 3200. The monoisotopic (exact) mass is 797 g/mol. The third-order valence-corrected chi connectivity index (χ3v) is 10.3. The molecule has 0 bridgehead atoms. The van der Waals surface area contributed by atoms with Crippen molar-refractivity contribution in [2.75, 3.05) is 0 Å². The van der Waals surface area contributed by atoms with Gasteiger partial charge in [0.05, 0.1) is 68.0 Å².